The second-order valence-corrected chi connectivity index (χ2v) is 6.03. The standard InChI is InChI=1S/C15H17NO2S/c1-9(17)16-12-8-18-13-6-5-10(15(2,3)4)7-11(13)14(12)19/h5-8H,1-4H3,(H,16,17). The lowest BCUT2D eigenvalue weighted by Crippen LogP contribution is -2.10. The summed E-state index contributed by atoms with van der Waals surface area (Å²) in [5.41, 5.74) is 2.49. The van der Waals surface area contributed by atoms with Crippen LogP contribution in [-0.4, -0.2) is 5.91 Å². The number of fused-ring (bicyclic) bond motifs is 1. The second kappa shape index (κ2) is 4.78. The van der Waals surface area contributed by atoms with E-state index in [1.165, 1.54) is 18.8 Å². The molecule has 4 heteroatoms. The zero-order valence-electron chi connectivity index (χ0n) is 11.5. The fourth-order valence-corrected chi connectivity index (χ4v) is 2.13. The first kappa shape index (κ1) is 13.7. The van der Waals surface area contributed by atoms with E-state index in [2.05, 4.69) is 26.1 Å². The highest BCUT2D eigenvalue weighted by Gasteiger charge is 2.15. The highest BCUT2D eigenvalue weighted by molar-refractivity contribution is 7.71. The van der Waals surface area contributed by atoms with Crippen molar-refractivity contribution < 1.29 is 9.21 Å². The number of carbonyl (C=O) groups is 1. The zero-order chi connectivity index (χ0) is 14.2. The molecule has 0 saturated carbocycles. The van der Waals surface area contributed by atoms with Crippen molar-refractivity contribution in [1.82, 2.24) is 0 Å². The minimum atomic E-state index is -0.160. The van der Waals surface area contributed by atoms with E-state index >= 15 is 0 Å². The molecule has 1 aromatic carbocycles. The Kier molecular flexibility index (Phi) is 3.45. The number of nitrogens with one attached hydrogen (secondary N) is 1. The van der Waals surface area contributed by atoms with Gasteiger partial charge in [-0.15, -0.1) is 0 Å². The fourth-order valence-electron chi connectivity index (χ4n) is 1.87. The molecule has 0 spiro atoms. The summed E-state index contributed by atoms with van der Waals surface area (Å²) in [5, 5.41) is 3.54. The second-order valence-electron chi connectivity index (χ2n) is 5.62. The van der Waals surface area contributed by atoms with Crippen molar-refractivity contribution in [2.45, 2.75) is 33.1 Å². The molecule has 0 radical (unpaired) electrons. The maximum atomic E-state index is 11.1. The summed E-state index contributed by atoms with van der Waals surface area (Å²) in [6.45, 7) is 7.88. The Morgan fingerprint density at radius 2 is 2.00 bits per heavy atom. The molecule has 3 nitrogen and oxygen atoms in total. The topological polar surface area (TPSA) is 42.2 Å². The summed E-state index contributed by atoms with van der Waals surface area (Å²) in [7, 11) is 0. The van der Waals surface area contributed by atoms with Gasteiger partial charge in [0, 0.05) is 12.3 Å². The summed E-state index contributed by atoms with van der Waals surface area (Å²) in [4.78, 5) is 11.1. The molecule has 1 N–H and O–H groups in total. The molecule has 0 aliphatic carbocycles. The van der Waals surface area contributed by atoms with Crippen molar-refractivity contribution in [3.05, 3.63) is 34.5 Å². The van der Waals surface area contributed by atoms with Crippen LogP contribution in [0, 0.1) is 4.51 Å². The van der Waals surface area contributed by atoms with Crippen LogP contribution in [0.3, 0.4) is 0 Å². The predicted molar refractivity (Wildman–Crippen MR) is 80.1 cm³/mol. The van der Waals surface area contributed by atoms with E-state index in [-0.39, 0.29) is 11.3 Å². The number of amides is 1. The van der Waals surface area contributed by atoms with Crippen LogP contribution in [0.1, 0.15) is 33.3 Å². The lowest BCUT2D eigenvalue weighted by Gasteiger charge is -2.19. The third-order valence-corrected chi connectivity index (χ3v) is 3.39. The number of hydrogen-bond donors (Lipinski definition) is 1. The van der Waals surface area contributed by atoms with E-state index in [1.54, 1.807) is 0 Å². The summed E-state index contributed by atoms with van der Waals surface area (Å²) >= 11 is 5.42. The van der Waals surface area contributed by atoms with E-state index < -0.39 is 0 Å². The zero-order valence-corrected chi connectivity index (χ0v) is 12.4. The Hall–Kier alpha value is -1.68. The minimum Gasteiger partial charge on any atom is -0.462 e. The molecule has 0 aliphatic heterocycles. The molecular formula is C15H17NO2S. The van der Waals surface area contributed by atoms with E-state index in [0.717, 1.165) is 11.0 Å². The van der Waals surface area contributed by atoms with Crippen molar-refractivity contribution >= 4 is 34.8 Å². The van der Waals surface area contributed by atoms with Gasteiger partial charge in [0.2, 0.25) is 5.91 Å². The molecular weight excluding hydrogens is 258 g/mol. The molecule has 0 bridgehead atoms. The van der Waals surface area contributed by atoms with Crippen LogP contribution < -0.4 is 5.32 Å². The van der Waals surface area contributed by atoms with Gasteiger partial charge < -0.3 is 9.73 Å². The first-order valence-corrected chi connectivity index (χ1v) is 6.53. The smallest absolute Gasteiger partial charge is 0.221 e. The van der Waals surface area contributed by atoms with Crippen LogP contribution in [-0.2, 0) is 10.2 Å². The summed E-state index contributed by atoms with van der Waals surface area (Å²) < 4.78 is 6.12. The number of rotatable bonds is 1. The number of carbonyl (C=O) groups excluding carboxylic acids is 1. The highest BCUT2D eigenvalue weighted by atomic mass is 32.1. The van der Waals surface area contributed by atoms with Gasteiger partial charge in [-0.1, -0.05) is 39.1 Å². The quantitative estimate of drug-likeness (QED) is 0.783. The number of anilines is 1. The van der Waals surface area contributed by atoms with Crippen LogP contribution in [0.15, 0.2) is 28.9 Å². The number of hydrogen-bond acceptors (Lipinski definition) is 3. The maximum absolute atomic E-state index is 11.1. The predicted octanol–water partition coefficient (Wildman–Crippen LogP) is 4.42. The van der Waals surface area contributed by atoms with Gasteiger partial charge in [-0.05, 0) is 23.1 Å². The van der Waals surface area contributed by atoms with Crippen LogP contribution >= 0.6 is 12.2 Å². The van der Waals surface area contributed by atoms with E-state index in [4.69, 9.17) is 16.6 Å². The van der Waals surface area contributed by atoms with Crippen LogP contribution in [0.5, 0.6) is 0 Å². The van der Waals surface area contributed by atoms with Gasteiger partial charge in [-0.3, -0.25) is 4.79 Å². The van der Waals surface area contributed by atoms with Gasteiger partial charge in [0.05, 0.1) is 10.2 Å². The van der Waals surface area contributed by atoms with Gasteiger partial charge in [-0.2, -0.15) is 0 Å². The monoisotopic (exact) mass is 275 g/mol. The van der Waals surface area contributed by atoms with E-state index in [1.807, 2.05) is 18.2 Å². The number of benzene rings is 1. The van der Waals surface area contributed by atoms with Gasteiger partial charge in [-0.25, -0.2) is 0 Å². The minimum absolute atomic E-state index is 0.0416. The first-order valence-electron chi connectivity index (χ1n) is 6.12. The third-order valence-electron chi connectivity index (χ3n) is 2.95. The molecule has 0 saturated heterocycles. The molecule has 0 aliphatic rings. The molecule has 1 heterocycles. The van der Waals surface area contributed by atoms with Crippen LogP contribution in [0.2, 0.25) is 0 Å². The Morgan fingerprint density at radius 3 is 2.58 bits per heavy atom. The molecule has 1 amide bonds. The fraction of sp³-hybridized carbons (Fsp3) is 0.333. The highest BCUT2D eigenvalue weighted by Crippen LogP contribution is 2.28. The molecule has 19 heavy (non-hydrogen) atoms. The van der Waals surface area contributed by atoms with Crippen molar-refractivity contribution in [2.75, 3.05) is 5.32 Å². The average molecular weight is 275 g/mol. The van der Waals surface area contributed by atoms with Gasteiger partial charge in [0.1, 0.15) is 11.8 Å². The summed E-state index contributed by atoms with van der Waals surface area (Å²) in [5.74, 6) is -0.160. The van der Waals surface area contributed by atoms with E-state index in [9.17, 15) is 4.79 Å². The molecule has 2 aromatic rings. The molecule has 0 unspecified atom stereocenters. The average Bonchev–Trinajstić information content (AvgIpc) is 2.31. The largest absolute Gasteiger partial charge is 0.462 e. The normalized spacial score (nSPS) is 11.6. The Labute approximate surface area is 117 Å². The van der Waals surface area contributed by atoms with Gasteiger partial charge in [0.25, 0.3) is 0 Å². The third kappa shape index (κ3) is 2.84. The summed E-state index contributed by atoms with van der Waals surface area (Å²) in [6.07, 6.45) is 1.49. The SMILES string of the molecule is CC(=O)Nc1coc2ccc(C(C)(C)C)cc2c1=S. The van der Waals surface area contributed by atoms with Gasteiger partial charge in [0.15, 0.2) is 0 Å². The van der Waals surface area contributed by atoms with Crippen LogP contribution in [0.25, 0.3) is 11.0 Å². The molecule has 1 aromatic heterocycles. The lowest BCUT2D eigenvalue weighted by molar-refractivity contribution is -0.114. The Balaban J connectivity index is 2.66. The molecule has 0 atom stereocenters. The molecule has 100 valence electrons. The Morgan fingerprint density at radius 1 is 1.32 bits per heavy atom. The maximum Gasteiger partial charge on any atom is 0.221 e. The Bertz CT molecular complexity index is 695. The van der Waals surface area contributed by atoms with Crippen molar-refractivity contribution in [1.29, 1.82) is 0 Å². The van der Waals surface area contributed by atoms with Crippen molar-refractivity contribution in [2.24, 2.45) is 0 Å². The van der Waals surface area contributed by atoms with Crippen molar-refractivity contribution in [3.63, 3.8) is 0 Å². The molecule has 2 rings (SSSR count). The van der Waals surface area contributed by atoms with Crippen LogP contribution in [0.4, 0.5) is 5.69 Å². The van der Waals surface area contributed by atoms with E-state index in [0.29, 0.717) is 10.2 Å². The summed E-state index contributed by atoms with van der Waals surface area (Å²) in [6, 6.07) is 5.99. The first-order chi connectivity index (χ1) is 8.79. The molecule has 0 fully saturated rings. The van der Waals surface area contributed by atoms with Gasteiger partial charge >= 0.3 is 0 Å². The van der Waals surface area contributed by atoms with Crippen molar-refractivity contribution in [3.8, 4) is 0 Å². The lowest BCUT2D eigenvalue weighted by atomic mass is 9.86.